The number of pyridine rings is 1. The molecule has 0 bridgehead atoms. The SMILES string of the molecule is Cc1cccc2c1C(=O)N(c1ccc(NC(=O)c3ccccn3)cc1)C2=O. The highest BCUT2D eigenvalue weighted by Gasteiger charge is 2.37. The zero-order valence-electron chi connectivity index (χ0n) is 14.5. The van der Waals surface area contributed by atoms with E-state index in [1.54, 1.807) is 60.8 Å². The van der Waals surface area contributed by atoms with Crippen LogP contribution in [-0.2, 0) is 0 Å². The van der Waals surface area contributed by atoms with Crippen LogP contribution in [0.4, 0.5) is 11.4 Å². The van der Waals surface area contributed by atoms with Crippen molar-refractivity contribution >= 4 is 29.1 Å². The lowest BCUT2D eigenvalue weighted by molar-refractivity contribution is 0.0924. The molecule has 1 aliphatic rings. The second-order valence-corrected chi connectivity index (χ2v) is 6.16. The van der Waals surface area contributed by atoms with Gasteiger partial charge >= 0.3 is 0 Å². The number of imide groups is 1. The molecule has 132 valence electrons. The van der Waals surface area contributed by atoms with Crippen LogP contribution in [0, 0.1) is 6.92 Å². The fourth-order valence-electron chi connectivity index (χ4n) is 3.07. The van der Waals surface area contributed by atoms with E-state index in [-0.39, 0.29) is 17.7 Å². The first-order chi connectivity index (χ1) is 13.1. The molecule has 0 radical (unpaired) electrons. The Morgan fingerprint density at radius 3 is 2.37 bits per heavy atom. The maximum atomic E-state index is 12.7. The van der Waals surface area contributed by atoms with Gasteiger partial charge in [0.05, 0.1) is 16.8 Å². The summed E-state index contributed by atoms with van der Waals surface area (Å²) in [4.78, 5) is 42.6. The number of hydrogen-bond donors (Lipinski definition) is 1. The van der Waals surface area contributed by atoms with Gasteiger partial charge in [0.25, 0.3) is 17.7 Å². The molecule has 0 atom stereocenters. The molecule has 4 rings (SSSR count). The van der Waals surface area contributed by atoms with Gasteiger partial charge in [-0.05, 0) is 55.0 Å². The molecule has 1 aliphatic heterocycles. The molecule has 0 saturated carbocycles. The predicted octanol–water partition coefficient (Wildman–Crippen LogP) is 3.44. The molecule has 0 spiro atoms. The van der Waals surface area contributed by atoms with Crippen molar-refractivity contribution in [1.29, 1.82) is 0 Å². The van der Waals surface area contributed by atoms with E-state index in [2.05, 4.69) is 10.3 Å². The Morgan fingerprint density at radius 2 is 1.70 bits per heavy atom. The van der Waals surface area contributed by atoms with Crippen molar-refractivity contribution < 1.29 is 14.4 Å². The molecule has 1 N–H and O–H groups in total. The van der Waals surface area contributed by atoms with Crippen molar-refractivity contribution in [1.82, 2.24) is 4.98 Å². The summed E-state index contributed by atoms with van der Waals surface area (Å²) in [5, 5.41) is 2.73. The van der Waals surface area contributed by atoms with Crippen molar-refractivity contribution in [2.75, 3.05) is 10.2 Å². The zero-order valence-corrected chi connectivity index (χ0v) is 14.5. The highest BCUT2D eigenvalue weighted by atomic mass is 16.2. The standard InChI is InChI=1S/C21H15N3O3/c1-13-5-4-6-16-18(13)21(27)24(20(16)26)15-10-8-14(9-11-15)23-19(25)17-7-2-3-12-22-17/h2-12H,1H3,(H,23,25). The molecule has 6 nitrogen and oxygen atoms in total. The third-order valence-corrected chi connectivity index (χ3v) is 4.40. The Balaban J connectivity index is 1.57. The minimum atomic E-state index is -0.344. The van der Waals surface area contributed by atoms with Crippen molar-refractivity contribution in [3.63, 3.8) is 0 Å². The van der Waals surface area contributed by atoms with E-state index in [0.29, 0.717) is 28.2 Å². The van der Waals surface area contributed by atoms with Gasteiger partial charge in [0.2, 0.25) is 0 Å². The summed E-state index contributed by atoms with van der Waals surface area (Å²) >= 11 is 0. The maximum Gasteiger partial charge on any atom is 0.274 e. The lowest BCUT2D eigenvalue weighted by Crippen LogP contribution is -2.29. The van der Waals surface area contributed by atoms with Crippen LogP contribution in [0.3, 0.4) is 0 Å². The molecule has 0 aliphatic carbocycles. The number of hydrogen-bond acceptors (Lipinski definition) is 4. The van der Waals surface area contributed by atoms with Gasteiger partial charge < -0.3 is 5.32 Å². The Bertz CT molecular complexity index is 1060. The van der Waals surface area contributed by atoms with Crippen LogP contribution in [0.5, 0.6) is 0 Å². The number of nitrogens with one attached hydrogen (secondary N) is 1. The van der Waals surface area contributed by atoms with E-state index in [4.69, 9.17) is 0 Å². The third-order valence-electron chi connectivity index (χ3n) is 4.40. The highest BCUT2D eigenvalue weighted by molar-refractivity contribution is 6.34. The van der Waals surface area contributed by atoms with Crippen LogP contribution in [0.1, 0.15) is 36.8 Å². The molecular formula is C21H15N3O3. The Hall–Kier alpha value is -3.80. The van der Waals surface area contributed by atoms with E-state index < -0.39 is 0 Å². The number of aryl methyl sites for hydroxylation is 1. The molecule has 1 aromatic heterocycles. The van der Waals surface area contributed by atoms with Crippen LogP contribution in [0.2, 0.25) is 0 Å². The average Bonchev–Trinajstić information content (AvgIpc) is 2.95. The fraction of sp³-hybridized carbons (Fsp3) is 0.0476. The number of benzene rings is 2. The lowest BCUT2D eigenvalue weighted by Gasteiger charge is -2.14. The second-order valence-electron chi connectivity index (χ2n) is 6.16. The molecule has 0 saturated heterocycles. The van der Waals surface area contributed by atoms with Gasteiger partial charge in [0.15, 0.2) is 0 Å². The third kappa shape index (κ3) is 2.87. The van der Waals surface area contributed by atoms with E-state index in [9.17, 15) is 14.4 Å². The summed E-state index contributed by atoms with van der Waals surface area (Å²) in [6.07, 6.45) is 1.54. The molecule has 2 heterocycles. The minimum absolute atomic E-state index is 0.303. The summed E-state index contributed by atoms with van der Waals surface area (Å²) in [6, 6.07) is 16.9. The Morgan fingerprint density at radius 1 is 0.926 bits per heavy atom. The molecule has 3 amide bonds. The first-order valence-corrected chi connectivity index (χ1v) is 8.37. The monoisotopic (exact) mass is 357 g/mol. The van der Waals surface area contributed by atoms with Crippen LogP contribution >= 0.6 is 0 Å². The quantitative estimate of drug-likeness (QED) is 0.728. The van der Waals surface area contributed by atoms with Crippen LogP contribution in [0.15, 0.2) is 66.9 Å². The summed E-state index contributed by atoms with van der Waals surface area (Å²) in [7, 11) is 0. The van der Waals surface area contributed by atoms with Crippen LogP contribution in [-0.4, -0.2) is 22.7 Å². The predicted molar refractivity (Wildman–Crippen MR) is 101 cm³/mol. The minimum Gasteiger partial charge on any atom is -0.321 e. The molecule has 2 aromatic carbocycles. The van der Waals surface area contributed by atoms with Crippen molar-refractivity contribution in [3.8, 4) is 0 Å². The fourth-order valence-corrected chi connectivity index (χ4v) is 3.07. The first-order valence-electron chi connectivity index (χ1n) is 8.37. The highest BCUT2D eigenvalue weighted by Crippen LogP contribution is 2.30. The van der Waals surface area contributed by atoms with Crippen molar-refractivity contribution in [2.24, 2.45) is 0 Å². The normalized spacial score (nSPS) is 12.9. The number of fused-ring (bicyclic) bond motifs is 1. The van der Waals surface area contributed by atoms with Gasteiger partial charge in [-0.2, -0.15) is 0 Å². The second kappa shape index (κ2) is 6.49. The Labute approximate surface area is 155 Å². The molecule has 27 heavy (non-hydrogen) atoms. The van der Waals surface area contributed by atoms with Crippen LogP contribution in [0.25, 0.3) is 0 Å². The van der Waals surface area contributed by atoms with E-state index >= 15 is 0 Å². The summed E-state index contributed by atoms with van der Waals surface area (Å²) < 4.78 is 0. The molecule has 6 heteroatoms. The Kier molecular flexibility index (Phi) is 4.01. The molecule has 0 unspecified atom stereocenters. The summed E-state index contributed by atoms with van der Waals surface area (Å²) in [6.45, 7) is 1.81. The molecular weight excluding hydrogens is 342 g/mol. The van der Waals surface area contributed by atoms with E-state index in [1.807, 2.05) is 13.0 Å². The largest absolute Gasteiger partial charge is 0.321 e. The molecule has 0 fully saturated rings. The number of rotatable bonds is 3. The van der Waals surface area contributed by atoms with E-state index in [1.165, 1.54) is 0 Å². The number of carbonyl (C=O) groups is 3. The lowest BCUT2D eigenvalue weighted by atomic mass is 10.0. The number of amides is 3. The average molecular weight is 357 g/mol. The number of anilines is 2. The van der Waals surface area contributed by atoms with Gasteiger partial charge in [0, 0.05) is 11.9 Å². The number of nitrogens with zero attached hydrogens (tertiary/aromatic N) is 2. The summed E-state index contributed by atoms with van der Waals surface area (Å²) in [5.41, 5.74) is 2.92. The smallest absolute Gasteiger partial charge is 0.274 e. The van der Waals surface area contributed by atoms with Crippen molar-refractivity contribution in [2.45, 2.75) is 6.92 Å². The van der Waals surface area contributed by atoms with Crippen LogP contribution < -0.4 is 10.2 Å². The first kappa shape index (κ1) is 16.7. The van der Waals surface area contributed by atoms with Gasteiger partial charge in [-0.15, -0.1) is 0 Å². The van der Waals surface area contributed by atoms with Gasteiger partial charge in [-0.3, -0.25) is 19.4 Å². The van der Waals surface area contributed by atoms with Gasteiger partial charge in [0.1, 0.15) is 5.69 Å². The number of aromatic nitrogens is 1. The number of carbonyl (C=O) groups excluding carboxylic acids is 3. The van der Waals surface area contributed by atoms with Gasteiger partial charge in [-0.25, -0.2) is 4.90 Å². The zero-order chi connectivity index (χ0) is 19.0. The molecule has 3 aromatic rings. The topological polar surface area (TPSA) is 79.4 Å². The van der Waals surface area contributed by atoms with Crippen molar-refractivity contribution in [3.05, 3.63) is 89.2 Å². The summed E-state index contributed by atoms with van der Waals surface area (Å²) in [5.74, 6) is -1.01. The van der Waals surface area contributed by atoms with Gasteiger partial charge in [-0.1, -0.05) is 18.2 Å². The van der Waals surface area contributed by atoms with E-state index in [0.717, 1.165) is 10.5 Å². The maximum absolute atomic E-state index is 12.7.